The summed E-state index contributed by atoms with van der Waals surface area (Å²) in [6.07, 6.45) is -2.00. The standard InChI is InChI=1S/C16H30O7S.Na/c1-10(15(3,4)5)22-13(17)9-12(24(19,20)21)14(18)23-11(2)16(6,7)8;/h10-12H,9H2,1-8H3,(H,19,20,21);/q;+1/p-1. The topological polar surface area (TPSA) is 110 Å². The van der Waals surface area contributed by atoms with E-state index in [1.807, 2.05) is 20.8 Å². The van der Waals surface area contributed by atoms with Crippen LogP contribution in [0.4, 0.5) is 0 Å². The van der Waals surface area contributed by atoms with E-state index >= 15 is 0 Å². The fraction of sp³-hybridized carbons (Fsp3) is 0.875. The van der Waals surface area contributed by atoms with Gasteiger partial charge in [0.25, 0.3) is 0 Å². The van der Waals surface area contributed by atoms with E-state index < -0.39 is 51.4 Å². The predicted molar refractivity (Wildman–Crippen MR) is 88.1 cm³/mol. The molecule has 0 amide bonds. The molecule has 0 rings (SSSR count). The van der Waals surface area contributed by atoms with Gasteiger partial charge in [-0.1, -0.05) is 41.5 Å². The summed E-state index contributed by atoms with van der Waals surface area (Å²) in [5, 5.41) is -2.11. The summed E-state index contributed by atoms with van der Waals surface area (Å²) in [6.45, 7) is 14.1. The molecule has 0 N–H and O–H groups in total. The van der Waals surface area contributed by atoms with Crippen molar-refractivity contribution in [3.05, 3.63) is 0 Å². The Morgan fingerprint density at radius 1 is 0.920 bits per heavy atom. The minimum atomic E-state index is -5.05. The van der Waals surface area contributed by atoms with Crippen LogP contribution in [0.1, 0.15) is 61.8 Å². The molecular formula is C16H29NaO7S. The molecule has 0 aromatic heterocycles. The number of ether oxygens (including phenoxy) is 2. The SMILES string of the molecule is CC(OC(=O)CC(C(=O)OC(C)C(C)(C)C)S(=O)(=O)[O-])C(C)(C)C.[Na+]. The van der Waals surface area contributed by atoms with Gasteiger partial charge in [-0.15, -0.1) is 0 Å². The number of carbonyl (C=O) groups excluding carboxylic acids is 2. The van der Waals surface area contributed by atoms with Crippen molar-refractivity contribution in [2.24, 2.45) is 10.8 Å². The van der Waals surface area contributed by atoms with Gasteiger partial charge in [-0.3, -0.25) is 9.59 Å². The quantitative estimate of drug-likeness (QED) is 0.334. The van der Waals surface area contributed by atoms with Crippen molar-refractivity contribution in [2.75, 3.05) is 0 Å². The Morgan fingerprint density at radius 2 is 1.28 bits per heavy atom. The van der Waals surface area contributed by atoms with Crippen LogP contribution in [0.5, 0.6) is 0 Å². The molecule has 0 saturated carbocycles. The van der Waals surface area contributed by atoms with Gasteiger partial charge < -0.3 is 14.0 Å². The number of hydrogen-bond donors (Lipinski definition) is 0. The van der Waals surface area contributed by atoms with Gasteiger partial charge in [-0.25, -0.2) is 8.42 Å². The van der Waals surface area contributed by atoms with Gasteiger partial charge in [0.2, 0.25) is 0 Å². The zero-order chi connectivity index (χ0) is 19.5. The first kappa shape index (κ1) is 27.1. The summed E-state index contributed by atoms with van der Waals surface area (Å²) >= 11 is 0. The Morgan fingerprint density at radius 3 is 1.60 bits per heavy atom. The average Bonchev–Trinajstić information content (AvgIpc) is 2.31. The Kier molecular flexibility index (Phi) is 10.5. The molecule has 0 saturated heterocycles. The molecule has 0 aromatic rings. The normalized spacial score (nSPS) is 16.2. The van der Waals surface area contributed by atoms with Gasteiger partial charge >= 0.3 is 41.5 Å². The van der Waals surface area contributed by atoms with E-state index in [1.54, 1.807) is 34.6 Å². The first-order valence-corrected chi connectivity index (χ1v) is 9.28. The van der Waals surface area contributed by atoms with Crippen LogP contribution in [0.25, 0.3) is 0 Å². The molecule has 142 valence electrons. The second-order valence-electron chi connectivity index (χ2n) is 8.13. The second-order valence-corrected chi connectivity index (χ2v) is 9.68. The molecule has 0 fully saturated rings. The molecule has 0 radical (unpaired) electrons. The fourth-order valence-electron chi connectivity index (χ4n) is 1.30. The molecule has 3 unspecified atom stereocenters. The van der Waals surface area contributed by atoms with E-state index in [9.17, 15) is 22.6 Å². The molecule has 0 heterocycles. The zero-order valence-corrected chi connectivity index (χ0v) is 19.5. The average molecular weight is 388 g/mol. The fourth-order valence-corrected chi connectivity index (χ4v) is 1.94. The van der Waals surface area contributed by atoms with Crippen molar-refractivity contribution in [3.63, 3.8) is 0 Å². The second kappa shape index (κ2) is 9.69. The molecule has 0 spiro atoms. The van der Waals surface area contributed by atoms with Crippen molar-refractivity contribution in [1.82, 2.24) is 0 Å². The molecule has 0 aliphatic rings. The summed E-state index contributed by atoms with van der Waals surface area (Å²) in [6, 6.07) is 0. The van der Waals surface area contributed by atoms with Crippen molar-refractivity contribution in [2.45, 2.75) is 79.3 Å². The third kappa shape index (κ3) is 9.94. The van der Waals surface area contributed by atoms with Crippen LogP contribution in [0, 0.1) is 10.8 Å². The Balaban J connectivity index is 0. The van der Waals surface area contributed by atoms with Crippen LogP contribution in [-0.2, 0) is 29.2 Å². The Labute approximate surface area is 173 Å². The maximum Gasteiger partial charge on any atom is 1.00 e. The molecule has 3 atom stereocenters. The van der Waals surface area contributed by atoms with E-state index in [4.69, 9.17) is 9.47 Å². The largest absolute Gasteiger partial charge is 1.00 e. The minimum absolute atomic E-state index is 0. The van der Waals surface area contributed by atoms with Crippen LogP contribution < -0.4 is 29.6 Å². The molecule has 0 aliphatic heterocycles. The maximum absolute atomic E-state index is 12.1. The van der Waals surface area contributed by atoms with E-state index in [0.717, 1.165) is 0 Å². The third-order valence-corrected chi connectivity index (χ3v) is 5.06. The Bertz CT molecular complexity index is 558. The summed E-state index contributed by atoms with van der Waals surface area (Å²) in [5.41, 5.74) is -0.795. The molecule has 0 bridgehead atoms. The number of esters is 2. The van der Waals surface area contributed by atoms with E-state index in [2.05, 4.69) is 0 Å². The van der Waals surface area contributed by atoms with Crippen LogP contribution in [-0.4, -0.2) is 42.4 Å². The third-order valence-electron chi connectivity index (χ3n) is 4.00. The summed E-state index contributed by atoms with van der Waals surface area (Å²) in [4.78, 5) is 24.0. The monoisotopic (exact) mass is 388 g/mol. The van der Waals surface area contributed by atoms with Crippen LogP contribution in [0.3, 0.4) is 0 Å². The van der Waals surface area contributed by atoms with Crippen LogP contribution >= 0.6 is 0 Å². The van der Waals surface area contributed by atoms with E-state index in [0.29, 0.717) is 0 Å². The van der Waals surface area contributed by atoms with Gasteiger partial charge in [-0.2, -0.15) is 0 Å². The number of carbonyl (C=O) groups is 2. The van der Waals surface area contributed by atoms with Crippen molar-refractivity contribution < 1.29 is 61.6 Å². The molecule has 25 heavy (non-hydrogen) atoms. The molecule has 0 aromatic carbocycles. The summed E-state index contributed by atoms with van der Waals surface area (Å²) < 4.78 is 44.2. The van der Waals surface area contributed by atoms with Gasteiger partial charge in [-0.05, 0) is 24.7 Å². The number of rotatable bonds is 6. The van der Waals surface area contributed by atoms with E-state index in [-0.39, 0.29) is 35.0 Å². The summed E-state index contributed by atoms with van der Waals surface area (Å²) in [7, 11) is -5.05. The first-order valence-electron chi connectivity index (χ1n) is 7.81. The summed E-state index contributed by atoms with van der Waals surface area (Å²) in [5.74, 6) is -2.16. The molecule has 9 heteroatoms. The van der Waals surface area contributed by atoms with Gasteiger partial charge in [0, 0.05) is 0 Å². The van der Waals surface area contributed by atoms with Crippen molar-refractivity contribution in [3.8, 4) is 0 Å². The first-order chi connectivity index (χ1) is 10.5. The number of hydrogen-bond acceptors (Lipinski definition) is 7. The predicted octanol–water partition coefficient (Wildman–Crippen LogP) is -0.750. The van der Waals surface area contributed by atoms with Gasteiger partial charge in [0.1, 0.15) is 22.3 Å². The van der Waals surface area contributed by atoms with E-state index in [1.165, 1.54) is 0 Å². The molecular weight excluding hydrogens is 359 g/mol. The van der Waals surface area contributed by atoms with Gasteiger partial charge in [0.05, 0.1) is 6.42 Å². The zero-order valence-electron chi connectivity index (χ0n) is 16.7. The Hall–Kier alpha value is -0.150. The maximum atomic E-state index is 12.1. The minimum Gasteiger partial charge on any atom is -0.747 e. The van der Waals surface area contributed by atoms with Crippen molar-refractivity contribution >= 4 is 22.1 Å². The molecule has 7 nitrogen and oxygen atoms in total. The van der Waals surface area contributed by atoms with Crippen LogP contribution in [0.15, 0.2) is 0 Å². The van der Waals surface area contributed by atoms with Gasteiger partial charge in [0.15, 0.2) is 5.25 Å². The van der Waals surface area contributed by atoms with Crippen LogP contribution in [0.2, 0.25) is 0 Å². The molecule has 0 aliphatic carbocycles. The van der Waals surface area contributed by atoms with Crippen molar-refractivity contribution in [1.29, 1.82) is 0 Å². The smallest absolute Gasteiger partial charge is 0.747 e.